The lowest BCUT2D eigenvalue weighted by molar-refractivity contribution is -0.435. The van der Waals surface area contributed by atoms with E-state index in [9.17, 15) is 0 Å². The molecule has 19 heavy (non-hydrogen) atoms. The van der Waals surface area contributed by atoms with Crippen LogP contribution in [-0.2, 0) is 5.41 Å². The molecular weight excluding hydrogens is 230 g/mol. The summed E-state index contributed by atoms with van der Waals surface area (Å²) in [4.78, 5) is 0. The molecule has 0 aromatic heterocycles. The molecule has 3 rings (SSSR count). The second-order valence-electron chi connectivity index (χ2n) is 5.85. The molecule has 0 atom stereocenters. The fourth-order valence-electron chi connectivity index (χ4n) is 3.76. The zero-order valence-corrected chi connectivity index (χ0v) is 12.3. The van der Waals surface area contributed by atoms with E-state index >= 15 is 0 Å². The third-order valence-corrected chi connectivity index (χ3v) is 4.52. The molecule has 0 radical (unpaired) electrons. The maximum absolute atomic E-state index is 2.50. The van der Waals surface area contributed by atoms with Crippen LogP contribution < -0.4 is 0 Å². The first-order chi connectivity index (χ1) is 9.11. The molecule has 0 N–H and O–H groups in total. The van der Waals surface area contributed by atoms with E-state index in [2.05, 4.69) is 68.7 Å². The second kappa shape index (κ2) is 4.19. The molecule has 0 aliphatic carbocycles. The fourth-order valence-corrected chi connectivity index (χ4v) is 3.76. The van der Waals surface area contributed by atoms with Gasteiger partial charge in [0.2, 0.25) is 5.69 Å². The lowest BCUT2D eigenvalue weighted by atomic mass is 9.78. The van der Waals surface area contributed by atoms with Gasteiger partial charge < -0.3 is 0 Å². The highest BCUT2D eigenvalue weighted by Crippen LogP contribution is 2.44. The van der Waals surface area contributed by atoms with Crippen molar-refractivity contribution in [2.45, 2.75) is 39.5 Å². The molecule has 2 aromatic rings. The van der Waals surface area contributed by atoms with Gasteiger partial charge in [0.25, 0.3) is 0 Å². The van der Waals surface area contributed by atoms with E-state index in [4.69, 9.17) is 0 Å². The van der Waals surface area contributed by atoms with Crippen LogP contribution in [0, 0.1) is 0 Å². The minimum atomic E-state index is 0.140. The van der Waals surface area contributed by atoms with Crippen molar-refractivity contribution in [2.75, 3.05) is 6.54 Å². The first-order valence-electron chi connectivity index (χ1n) is 7.27. The Hall–Kier alpha value is -1.63. The van der Waals surface area contributed by atoms with Gasteiger partial charge in [-0.1, -0.05) is 31.2 Å². The van der Waals surface area contributed by atoms with E-state index in [1.54, 1.807) is 5.71 Å². The van der Waals surface area contributed by atoms with Gasteiger partial charge in [-0.3, -0.25) is 0 Å². The van der Waals surface area contributed by atoms with Crippen LogP contribution in [0.4, 0.5) is 5.69 Å². The van der Waals surface area contributed by atoms with E-state index in [0.29, 0.717) is 0 Å². The van der Waals surface area contributed by atoms with E-state index in [-0.39, 0.29) is 5.41 Å². The number of hydrogen-bond donors (Lipinski definition) is 0. The summed E-state index contributed by atoms with van der Waals surface area (Å²) in [6, 6.07) is 13.3. The number of fused-ring (bicyclic) bond motifs is 3. The standard InChI is InChI=1S/C18H22N/c1-5-16-18(3,4)17-14-10-8-7-9-13(14)11-12-15(17)19(16)6-2/h7-12H,5-6H2,1-4H3/q+1. The van der Waals surface area contributed by atoms with Crippen LogP contribution in [0.2, 0.25) is 0 Å². The van der Waals surface area contributed by atoms with Gasteiger partial charge >= 0.3 is 0 Å². The van der Waals surface area contributed by atoms with Gasteiger partial charge in [-0.15, -0.1) is 0 Å². The Bertz CT molecular complexity index is 677. The van der Waals surface area contributed by atoms with E-state index in [0.717, 1.165) is 13.0 Å². The highest BCUT2D eigenvalue weighted by atomic mass is 15.1. The monoisotopic (exact) mass is 252 g/mol. The summed E-state index contributed by atoms with van der Waals surface area (Å²) in [5, 5.41) is 2.76. The first kappa shape index (κ1) is 12.4. The van der Waals surface area contributed by atoms with Crippen LogP contribution in [0.25, 0.3) is 10.8 Å². The quantitative estimate of drug-likeness (QED) is 0.685. The predicted molar refractivity (Wildman–Crippen MR) is 82.7 cm³/mol. The van der Waals surface area contributed by atoms with Gasteiger partial charge in [-0.05, 0) is 37.6 Å². The summed E-state index contributed by atoms with van der Waals surface area (Å²) in [6.07, 6.45) is 1.11. The second-order valence-corrected chi connectivity index (χ2v) is 5.85. The zero-order valence-electron chi connectivity index (χ0n) is 12.3. The van der Waals surface area contributed by atoms with Gasteiger partial charge in [-0.25, -0.2) is 0 Å². The molecule has 0 fully saturated rings. The molecule has 98 valence electrons. The molecule has 1 heteroatoms. The average molecular weight is 252 g/mol. The Balaban J connectivity index is 2.40. The molecule has 0 saturated heterocycles. The molecule has 1 nitrogen and oxygen atoms in total. The number of hydrogen-bond acceptors (Lipinski definition) is 0. The summed E-state index contributed by atoms with van der Waals surface area (Å²) in [5.41, 5.74) is 4.59. The molecule has 2 aromatic carbocycles. The summed E-state index contributed by atoms with van der Waals surface area (Å²) in [5.74, 6) is 0. The number of rotatable bonds is 2. The number of nitrogens with zero attached hydrogens (tertiary/aromatic N) is 1. The van der Waals surface area contributed by atoms with Crippen LogP contribution >= 0.6 is 0 Å². The van der Waals surface area contributed by atoms with Gasteiger partial charge in [0.15, 0.2) is 5.71 Å². The molecular formula is C18H22N+. The van der Waals surface area contributed by atoms with Crippen LogP contribution in [-0.4, -0.2) is 16.8 Å². The molecule has 0 bridgehead atoms. The molecule has 1 aliphatic heterocycles. The highest BCUT2D eigenvalue weighted by molar-refractivity contribution is 6.02. The lowest BCUT2D eigenvalue weighted by Crippen LogP contribution is -2.28. The molecule has 0 spiro atoms. The van der Waals surface area contributed by atoms with Gasteiger partial charge in [0.1, 0.15) is 6.54 Å². The van der Waals surface area contributed by atoms with Crippen LogP contribution in [0.15, 0.2) is 36.4 Å². The van der Waals surface area contributed by atoms with Crippen molar-refractivity contribution in [1.29, 1.82) is 0 Å². The zero-order chi connectivity index (χ0) is 13.6. The first-order valence-corrected chi connectivity index (χ1v) is 7.27. The Labute approximate surface area is 115 Å². The summed E-state index contributed by atoms with van der Waals surface area (Å²) < 4.78 is 2.50. The Morgan fingerprint density at radius 1 is 1.00 bits per heavy atom. The minimum absolute atomic E-state index is 0.140. The van der Waals surface area contributed by atoms with Crippen LogP contribution in [0.5, 0.6) is 0 Å². The van der Waals surface area contributed by atoms with Crippen molar-refractivity contribution in [1.82, 2.24) is 0 Å². The van der Waals surface area contributed by atoms with Gasteiger partial charge in [0.05, 0.1) is 5.41 Å². The Morgan fingerprint density at radius 2 is 1.74 bits per heavy atom. The largest absolute Gasteiger partial charge is 0.210 e. The van der Waals surface area contributed by atoms with Crippen molar-refractivity contribution in [3.63, 3.8) is 0 Å². The lowest BCUT2D eigenvalue weighted by Gasteiger charge is -2.18. The maximum atomic E-state index is 2.50. The minimum Gasteiger partial charge on any atom is -0.199 e. The molecule has 1 aliphatic rings. The summed E-state index contributed by atoms with van der Waals surface area (Å²) >= 11 is 0. The van der Waals surface area contributed by atoms with Crippen molar-refractivity contribution >= 4 is 22.2 Å². The van der Waals surface area contributed by atoms with Crippen molar-refractivity contribution in [3.05, 3.63) is 42.0 Å². The predicted octanol–water partition coefficient (Wildman–Crippen LogP) is 4.65. The topological polar surface area (TPSA) is 3.01 Å². The molecule has 0 amide bonds. The molecule has 1 heterocycles. The smallest absolute Gasteiger partial charge is 0.199 e. The average Bonchev–Trinajstić information content (AvgIpc) is 2.65. The van der Waals surface area contributed by atoms with Crippen molar-refractivity contribution < 1.29 is 4.58 Å². The third kappa shape index (κ3) is 1.57. The van der Waals surface area contributed by atoms with Gasteiger partial charge in [0, 0.05) is 18.1 Å². The third-order valence-electron chi connectivity index (χ3n) is 4.52. The van der Waals surface area contributed by atoms with Crippen molar-refractivity contribution in [2.24, 2.45) is 0 Å². The molecule has 0 unspecified atom stereocenters. The summed E-state index contributed by atoms with van der Waals surface area (Å²) in [6.45, 7) is 10.3. The van der Waals surface area contributed by atoms with Crippen LogP contribution in [0.3, 0.4) is 0 Å². The Kier molecular flexibility index (Phi) is 2.74. The van der Waals surface area contributed by atoms with Gasteiger partial charge in [-0.2, -0.15) is 4.58 Å². The fraction of sp³-hybridized carbons (Fsp3) is 0.389. The summed E-state index contributed by atoms with van der Waals surface area (Å²) in [7, 11) is 0. The molecule has 0 saturated carbocycles. The number of benzene rings is 2. The van der Waals surface area contributed by atoms with E-state index in [1.807, 2.05) is 0 Å². The van der Waals surface area contributed by atoms with Crippen LogP contribution in [0.1, 0.15) is 39.7 Å². The van der Waals surface area contributed by atoms with E-state index < -0.39 is 0 Å². The maximum Gasteiger partial charge on any atom is 0.210 e. The van der Waals surface area contributed by atoms with Crippen molar-refractivity contribution in [3.8, 4) is 0 Å². The Morgan fingerprint density at radius 3 is 2.42 bits per heavy atom. The van der Waals surface area contributed by atoms with E-state index in [1.165, 1.54) is 22.0 Å². The normalized spacial score (nSPS) is 17.1. The highest BCUT2D eigenvalue weighted by Gasteiger charge is 2.44. The SMILES string of the molecule is CCC1=[N+](CC)c2ccc3ccccc3c2C1(C)C.